The molecule has 0 amide bonds. The van der Waals surface area contributed by atoms with Gasteiger partial charge in [0.25, 0.3) is 5.69 Å². The molecule has 3 aromatic rings. The number of hydrogen-bond donors (Lipinski definition) is 0. The van der Waals surface area contributed by atoms with Crippen LogP contribution in [0.15, 0.2) is 46.9 Å². The summed E-state index contributed by atoms with van der Waals surface area (Å²) in [6, 6.07) is 10.6. The zero-order valence-electron chi connectivity index (χ0n) is 11.7. The van der Waals surface area contributed by atoms with Crippen LogP contribution in [-0.4, -0.2) is 19.7 Å². The molecule has 0 aliphatic rings. The predicted octanol–water partition coefficient (Wildman–Crippen LogP) is 3.74. The summed E-state index contributed by atoms with van der Waals surface area (Å²) in [6.07, 6.45) is 0. The molecule has 0 bridgehead atoms. The normalized spacial score (nSPS) is 10.8. The van der Waals surface area contributed by atoms with Gasteiger partial charge in [0.2, 0.25) is 0 Å². The Labute approximate surface area is 135 Å². The first-order valence-electron chi connectivity index (χ1n) is 6.44. The molecule has 0 atom stereocenters. The van der Waals surface area contributed by atoms with Gasteiger partial charge in [-0.05, 0) is 17.0 Å². The average Bonchev–Trinajstić information content (AvgIpc) is 3.15. The molecular formula is C14H12N4O2S2. The summed E-state index contributed by atoms with van der Waals surface area (Å²) in [7, 11) is 1.92. The Kier molecular flexibility index (Phi) is 4.21. The van der Waals surface area contributed by atoms with E-state index in [0.717, 1.165) is 21.4 Å². The molecule has 0 radical (unpaired) electrons. The molecule has 2 heterocycles. The first kappa shape index (κ1) is 14.7. The van der Waals surface area contributed by atoms with Gasteiger partial charge in [-0.2, -0.15) is 0 Å². The van der Waals surface area contributed by atoms with Crippen LogP contribution in [0.3, 0.4) is 0 Å². The van der Waals surface area contributed by atoms with E-state index in [0.29, 0.717) is 5.75 Å². The van der Waals surface area contributed by atoms with E-state index in [2.05, 4.69) is 10.2 Å². The maximum absolute atomic E-state index is 10.8. The standard InChI is InChI=1S/C14H12N4O2S2/c1-17-13(12-6-3-7-21-12)15-16-14(17)22-9-10-4-2-5-11(8-10)18(19)20/h2-8H,9H2,1H3. The Morgan fingerprint density at radius 3 is 2.91 bits per heavy atom. The highest BCUT2D eigenvalue weighted by atomic mass is 32.2. The van der Waals surface area contributed by atoms with E-state index >= 15 is 0 Å². The van der Waals surface area contributed by atoms with Crippen molar-refractivity contribution in [3.8, 4) is 10.7 Å². The largest absolute Gasteiger partial charge is 0.304 e. The lowest BCUT2D eigenvalue weighted by Gasteiger charge is -2.03. The van der Waals surface area contributed by atoms with Crippen LogP contribution in [0, 0.1) is 10.1 Å². The molecule has 22 heavy (non-hydrogen) atoms. The van der Waals surface area contributed by atoms with E-state index in [1.54, 1.807) is 23.5 Å². The Balaban J connectivity index is 1.75. The van der Waals surface area contributed by atoms with Crippen molar-refractivity contribution in [1.82, 2.24) is 14.8 Å². The van der Waals surface area contributed by atoms with E-state index in [1.165, 1.54) is 17.8 Å². The van der Waals surface area contributed by atoms with E-state index < -0.39 is 0 Å². The Morgan fingerprint density at radius 2 is 2.18 bits per heavy atom. The van der Waals surface area contributed by atoms with Gasteiger partial charge in [0.1, 0.15) is 0 Å². The molecule has 0 N–H and O–H groups in total. The minimum Gasteiger partial charge on any atom is -0.304 e. The van der Waals surface area contributed by atoms with Gasteiger partial charge in [-0.1, -0.05) is 30.0 Å². The number of hydrogen-bond acceptors (Lipinski definition) is 6. The first-order valence-corrected chi connectivity index (χ1v) is 8.31. The summed E-state index contributed by atoms with van der Waals surface area (Å²) in [5.41, 5.74) is 0.996. The second-order valence-corrected chi connectivity index (χ2v) is 6.45. The molecule has 2 aromatic heterocycles. The first-order chi connectivity index (χ1) is 10.6. The third-order valence-electron chi connectivity index (χ3n) is 3.07. The predicted molar refractivity (Wildman–Crippen MR) is 87.0 cm³/mol. The second-order valence-electron chi connectivity index (χ2n) is 4.56. The van der Waals surface area contributed by atoms with Gasteiger partial charge >= 0.3 is 0 Å². The van der Waals surface area contributed by atoms with Crippen LogP contribution in [0.1, 0.15) is 5.56 Å². The molecule has 0 saturated heterocycles. The van der Waals surface area contributed by atoms with Crippen molar-refractivity contribution in [2.75, 3.05) is 0 Å². The maximum atomic E-state index is 10.8. The summed E-state index contributed by atoms with van der Waals surface area (Å²) in [5.74, 6) is 1.44. The molecule has 0 unspecified atom stereocenters. The van der Waals surface area contributed by atoms with Crippen LogP contribution in [0.25, 0.3) is 10.7 Å². The lowest BCUT2D eigenvalue weighted by atomic mass is 10.2. The zero-order chi connectivity index (χ0) is 15.5. The summed E-state index contributed by atoms with van der Waals surface area (Å²) >= 11 is 3.13. The minimum atomic E-state index is -0.384. The summed E-state index contributed by atoms with van der Waals surface area (Å²) in [6.45, 7) is 0. The van der Waals surface area contributed by atoms with E-state index in [9.17, 15) is 10.1 Å². The topological polar surface area (TPSA) is 73.8 Å². The van der Waals surface area contributed by atoms with Crippen LogP contribution in [0.5, 0.6) is 0 Å². The molecule has 0 aliphatic carbocycles. The summed E-state index contributed by atoms with van der Waals surface area (Å²) in [4.78, 5) is 11.5. The van der Waals surface area contributed by atoms with E-state index in [4.69, 9.17) is 0 Å². The highest BCUT2D eigenvalue weighted by molar-refractivity contribution is 7.98. The van der Waals surface area contributed by atoms with Crippen LogP contribution < -0.4 is 0 Å². The van der Waals surface area contributed by atoms with Gasteiger partial charge in [0.05, 0.1) is 9.80 Å². The Hall–Kier alpha value is -2.19. The van der Waals surface area contributed by atoms with Crippen molar-refractivity contribution in [3.63, 3.8) is 0 Å². The fourth-order valence-corrected chi connectivity index (χ4v) is 3.57. The van der Waals surface area contributed by atoms with Crippen molar-refractivity contribution in [2.24, 2.45) is 7.05 Å². The fraction of sp³-hybridized carbons (Fsp3) is 0.143. The van der Waals surface area contributed by atoms with Crippen LogP contribution in [-0.2, 0) is 12.8 Å². The van der Waals surface area contributed by atoms with Crippen LogP contribution >= 0.6 is 23.1 Å². The monoisotopic (exact) mass is 332 g/mol. The SMILES string of the molecule is Cn1c(SCc2cccc([N+](=O)[O-])c2)nnc1-c1cccs1. The lowest BCUT2D eigenvalue weighted by molar-refractivity contribution is -0.384. The Morgan fingerprint density at radius 1 is 1.32 bits per heavy atom. The van der Waals surface area contributed by atoms with E-state index in [1.807, 2.05) is 35.2 Å². The molecule has 8 heteroatoms. The van der Waals surface area contributed by atoms with Crippen molar-refractivity contribution in [1.29, 1.82) is 0 Å². The minimum absolute atomic E-state index is 0.107. The van der Waals surface area contributed by atoms with Crippen molar-refractivity contribution >= 4 is 28.8 Å². The maximum Gasteiger partial charge on any atom is 0.269 e. The molecule has 6 nitrogen and oxygen atoms in total. The van der Waals surface area contributed by atoms with Crippen LogP contribution in [0.2, 0.25) is 0 Å². The molecule has 0 saturated carbocycles. The summed E-state index contributed by atoms with van der Waals surface area (Å²) in [5, 5.41) is 22.0. The number of nitro groups is 1. The quantitative estimate of drug-likeness (QED) is 0.404. The average molecular weight is 332 g/mol. The third kappa shape index (κ3) is 3.02. The summed E-state index contributed by atoms with van der Waals surface area (Å²) < 4.78 is 1.94. The molecule has 0 fully saturated rings. The van der Waals surface area contributed by atoms with Gasteiger partial charge < -0.3 is 4.57 Å². The van der Waals surface area contributed by atoms with Gasteiger partial charge in [-0.25, -0.2) is 0 Å². The molecule has 0 aliphatic heterocycles. The number of aromatic nitrogens is 3. The molecule has 1 aromatic carbocycles. The lowest BCUT2D eigenvalue weighted by Crippen LogP contribution is -1.94. The number of benzene rings is 1. The zero-order valence-corrected chi connectivity index (χ0v) is 13.3. The molecule has 3 rings (SSSR count). The number of non-ortho nitro benzene ring substituents is 1. The number of nitro benzene ring substituents is 1. The van der Waals surface area contributed by atoms with Gasteiger partial charge in [0.15, 0.2) is 11.0 Å². The highest BCUT2D eigenvalue weighted by Crippen LogP contribution is 2.28. The second kappa shape index (κ2) is 6.29. The van der Waals surface area contributed by atoms with Crippen molar-refractivity contribution in [2.45, 2.75) is 10.9 Å². The fourth-order valence-electron chi connectivity index (χ4n) is 1.97. The molecule has 112 valence electrons. The highest BCUT2D eigenvalue weighted by Gasteiger charge is 2.12. The van der Waals surface area contributed by atoms with Gasteiger partial charge in [-0.3, -0.25) is 10.1 Å². The number of thiophene rings is 1. The van der Waals surface area contributed by atoms with Crippen LogP contribution in [0.4, 0.5) is 5.69 Å². The van der Waals surface area contributed by atoms with Gasteiger partial charge in [0, 0.05) is 24.9 Å². The number of nitrogens with zero attached hydrogens (tertiary/aromatic N) is 4. The van der Waals surface area contributed by atoms with Crippen molar-refractivity contribution in [3.05, 3.63) is 57.5 Å². The third-order valence-corrected chi connectivity index (χ3v) is 5.02. The van der Waals surface area contributed by atoms with Crippen molar-refractivity contribution < 1.29 is 4.92 Å². The van der Waals surface area contributed by atoms with E-state index in [-0.39, 0.29) is 10.6 Å². The Bertz CT molecular complexity index is 799. The smallest absolute Gasteiger partial charge is 0.269 e. The number of rotatable bonds is 5. The van der Waals surface area contributed by atoms with Gasteiger partial charge in [-0.15, -0.1) is 21.5 Å². The number of thioether (sulfide) groups is 1. The molecular weight excluding hydrogens is 320 g/mol. The molecule has 0 spiro atoms.